The lowest BCUT2D eigenvalue weighted by molar-refractivity contribution is 0.0928. The molecule has 1 aliphatic heterocycles. The SMILES string of the molecule is CC(C)C[C@@H](NC(=O)c1cccnc1)c1nnc2n1CCN(Cc1cccs1)CC2. The van der Waals surface area contributed by atoms with Crippen molar-refractivity contribution in [3.05, 3.63) is 64.1 Å². The van der Waals surface area contributed by atoms with Crippen LogP contribution in [0.4, 0.5) is 0 Å². The van der Waals surface area contributed by atoms with E-state index in [-0.39, 0.29) is 11.9 Å². The van der Waals surface area contributed by atoms with Gasteiger partial charge in [-0.2, -0.15) is 0 Å². The smallest absolute Gasteiger partial charge is 0.253 e. The van der Waals surface area contributed by atoms with Gasteiger partial charge in [-0.1, -0.05) is 19.9 Å². The second-order valence-electron chi connectivity index (χ2n) is 8.13. The van der Waals surface area contributed by atoms with E-state index in [4.69, 9.17) is 0 Å². The number of fused-ring (bicyclic) bond motifs is 1. The Labute approximate surface area is 181 Å². The predicted molar refractivity (Wildman–Crippen MR) is 117 cm³/mol. The van der Waals surface area contributed by atoms with Crippen LogP contribution in [0.15, 0.2) is 42.0 Å². The largest absolute Gasteiger partial charge is 0.342 e. The van der Waals surface area contributed by atoms with Crippen LogP contribution in [-0.4, -0.2) is 43.6 Å². The number of hydrogen-bond acceptors (Lipinski definition) is 6. The minimum absolute atomic E-state index is 0.126. The molecule has 0 saturated carbocycles. The Hall–Kier alpha value is -2.58. The average Bonchev–Trinajstić information content (AvgIpc) is 3.35. The number of carbonyl (C=O) groups excluding carboxylic acids is 1. The molecule has 0 unspecified atom stereocenters. The fourth-order valence-corrected chi connectivity index (χ4v) is 4.61. The van der Waals surface area contributed by atoms with Crippen LogP contribution in [0.2, 0.25) is 0 Å². The van der Waals surface area contributed by atoms with E-state index in [1.807, 2.05) is 0 Å². The van der Waals surface area contributed by atoms with E-state index < -0.39 is 0 Å². The van der Waals surface area contributed by atoms with Crippen LogP contribution in [0, 0.1) is 5.92 Å². The van der Waals surface area contributed by atoms with E-state index in [9.17, 15) is 4.79 Å². The topological polar surface area (TPSA) is 75.9 Å². The number of thiophene rings is 1. The molecule has 8 heteroatoms. The lowest BCUT2D eigenvalue weighted by Crippen LogP contribution is -2.32. The third-order valence-electron chi connectivity index (χ3n) is 5.35. The van der Waals surface area contributed by atoms with Crippen LogP contribution >= 0.6 is 11.3 Å². The standard InChI is InChI=1S/C22H28N6OS/c1-16(2)13-19(24-22(29)17-5-3-8-23-14-17)21-26-25-20-7-9-27(10-11-28(20)21)15-18-6-4-12-30-18/h3-6,8,12,14,16,19H,7,9-11,13,15H2,1-2H3,(H,24,29)/t19-/m1/s1. The summed E-state index contributed by atoms with van der Waals surface area (Å²) in [7, 11) is 0. The van der Waals surface area contributed by atoms with Crippen molar-refractivity contribution in [1.29, 1.82) is 0 Å². The molecule has 0 fully saturated rings. The van der Waals surface area contributed by atoms with E-state index in [2.05, 4.69) is 61.3 Å². The van der Waals surface area contributed by atoms with Gasteiger partial charge in [-0.15, -0.1) is 21.5 Å². The number of nitrogens with one attached hydrogen (secondary N) is 1. The number of hydrogen-bond donors (Lipinski definition) is 1. The summed E-state index contributed by atoms with van der Waals surface area (Å²) in [5.74, 6) is 2.15. The average molecular weight is 425 g/mol. The second-order valence-corrected chi connectivity index (χ2v) is 9.16. The van der Waals surface area contributed by atoms with E-state index in [0.717, 1.165) is 50.7 Å². The first-order valence-corrected chi connectivity index (χ1v) is 11.4. The molecule has 1 atom stereocenters. The van der Waals surface area contributed by atoms with Crippen LogP contribution in [-0.2, 0) is 19.5 Å². The summed E-state index contributed by atoms with van der Waals surface area (Å²) >= 11 is 1.80. The second kappa shape index (κ2) is 9.49. The molecule has 158 valence electrons. The first-order valence-electron chi connectivity index (χ1n) is 10.5. The van der Waals surface area contributed by atoms with Crippen LogP contribution in [0.25, 0.3) is 0 Å². The van der Waals surface area contributed by atoms with E-state index in [0.29, 0.717) is 11.5 Å². The highest BCUT2D eigenvalue weighted by Gasteiger charge is 2.26. The molecule has 0 aromatic carbocycles. The number of pyridine rings is 1. The van der Waals surface area contributed by atoms with Crippen molar-refractivity contribution in [3.8, 4) is 0 Å². The van der Waals surface area contributed by atoms with E-state index >= 15 is 0 Å². The van der Waals surface area contributed by atoms with Crippen molar-refractivity contribution in [2.45, 2.75) is 45.8 Å². The Balaban J connectivity index is 1.50. The summed E-state index contributed by atoms with van der Waals surface area (Å²) in [6.07, 6.45) is 4.93. The van der Waals surface area contributed by atoms with Gasteiger partial charge in [-0.3, -0.25) is 14.7 Å². The lowest BCUT2D eigenvalue weighted by Gasteiger charge is -2.22. The minimum Gasteiger partial charge on any atom is -0.342 e. The van der Waals surface area contributed by atoms with Crippen molar-refractivity contribution in [1.82, 2.24) is 30.0 Å². The number of aromatic nitrogens is 4. The van der Waals surface area contributed by atoms with Gasteiger partial charge in [0.05, 0.1) is 11.6 Å². The Morgan fingerprint density at radius 2 is 2.10 bits per heavy atom. The Morgan fingerprint density at radius 1 is 1.20 bits per heavy atom. The Bertz CT molecular complexity index is 953. The van der Waals surface area contributed by atoms with Crippen molar-refractivity contribution in [2.75, 3.05) is 13.1 Å². The molecule has 4 heterocycles. The first kappa shape index (κ1) is 20.7. The zero-order valence-corrected chi connectivity index (χ0v) is 18.3. The van der Waals surface area contributed by atoms with Crippen molar-refractivity contribution >= 4 is 17.2 Å². The van der Waals surface area contributed by atoms with Gasteiger partial charge in [0.25, 0.3) is 5.91 Å². The molecule has 30 heavy (non-hydrogen) atoms. The highest BCUT2D eigenvalue weighted by molar-refractivity contribution is 7.09. The highest BCUT2D eigenvalue weighted by Crippen LogP contribution is 2.23. The molecule has 0 bridgehead atoms. The molecular weight excluding hydrogens is 396 g/mol. The minimum atomic E-state index is -0.178. The zero-order chi connectivity index (χ0) is 20.9. The van der Waals surface area contributed by atoms with Crippen LogP contribution in [0.3, 0.4) is 0 Å². The fourth-order valence-electron chi connectivity index (χ4n) is 3.87. The molecule has 3 aromatic rings. The highest BCUT2D eigenvalue weighted by atomic mass is 32.1. The van der Waals surface area contributed by atoms with Crippen molar-refractivity contribution < 1.29 is 4.79 Å². The predicted octanol–water partition coefficient (Wildman–Crippen LogP) is 3.31. The van der Waals surface area contributed by atoms with Gasteiger partial charge >= 0.3 is 0 Å². The fraction of sp³-hybridized carbons (Fsp3) is 0.455. The van der Waals surface area contributed by atoms with Crippen LogP contribution in [0.5, 0.6) is 0 Å². The molecule has 4 rings (SSSR count). The van der Waals surface area contributed by atoms with Gasteiger partial charge < -0.3 is 9.88 Å². The lowest BCUT2D eigenvalue weighted by atomic mass is 10.0. The first-order chi connectivity index (χ1) is 14.6. The quantitative estimate of drug-likeness (QED) is 0.630. The van der Waals surface area contributed by atoms with E-state index in [1.165, 1.54) is 4.88 Å². The maximum atomic E-state index is 12.8. The number of nitrogens with zero attached hydrogens (tertiary/aromatic N) is 5. The summed E-state index contributed by atoms with van der Waals surface area (Å²) in [4.78, 5) is 20.7. The maximum absolute atomic E-state index is 12.8. The normalized spacial score (nSPS) is 15.6. The summed E-state index contributed by atoms with van der Waals surface area (Å²) in [6, 6.07) is 7.67. The number of rotatable bonds is 7. The van der Waals surface area contributed by atoms with Crippen molar-refractivity contribution in [2.24, 2.45) is 5.92 Å². The molecule has 1 amide bonds. The van der Waals surface area contributed by atoms with Crippen LogP contribution < -0.4 is 5.32 Å². The van der Waals surface area contributed by atoms with E-state index in [1.54, 1.807) is 35.9 Å². The summed E-state index contributed by atoms with van der Waals surface area (Å²) < 4.78 is 2.21. The van der Waals surface area contributed by atoms with Gasteiger partial charge in [-0.05, 0) is 35.9 Å². The van der Waals surface area contributed by atoms with Gasteiger partial charge in [0.15, 0.2) is 5.82 Å². The maximum Gasteiger partial charge on any atom is 0.253 e. The molecule has 7 nitrogen and oxygen atoms in total. The zero-order valence-electron chi connectivity index (χ0n) is 17.5. The Kier molecular flexibility index (Phi) is 6.54. The van der Waals surface area contributed by atoms with Crippen LogP contribution in [0.1, 0.15) is 53.2 Å². The number of carbonyl (C=O) groups is 1. The molecule has 0 spiro atoms. The third-order valence-corrected chi connectivity index (χ3v) is 6.22. The molecule has 0 aliphatic carbocycles. The van der Waals surface area contributed by atoms with Gasteiger partial charge in [0.1, 0.15) is 5.82 Å². The summed E-state index contributed by atoms with van der Waals surface area (Å²) in [6.45, 7) is 8.03. The summed E-state index contributed by atoms with van der Waals surface area (Å²) in [5.41, 5.74) is 0.559. The monoisotopic (exact) mass is 424 g/mol. The number of amides is 1. The van der Waals surface area contributed by atoms with Gasteiger partial charge in [0, 0.05) is 49.9 Å². The van der Waals surface area contributed by atoms with Gasteiger partial charge in [-0.25, -0.2) is 0 Å². The molecular formula is C22H28N6OS. The molecule has 3 aromatic heterocycles. The third kappa shape index (κ3) is 4.94. The molecule has 0 radical (unpaired) electrons. The van der Waals surface area contributed by atoms with Crippen molar-refractivity contribution in [3.63, 3.8) is 0 Å². The molecule has 1 N–H and O–H groups in total. The Morgan fingerprint density at radius 3 is 2.83 bits per heavy atom. The molecule has 0 saturated heterocycles. The molecule has 1 aliphatic rings. The summed E-state index contributed by atoms with van der Waals surface area (Å²) in [5, 5.41) is 14.3. The van der Waals surface area contributed by atoms with Gasteiger partial charge in [0.2, 0.25) is 0 Å².